The number of nitrogens with two attached hydrogens (primary N) is 1. The Morgan fingerprint density at radius 3 is 2.69 bits per heavy atom. The van der Waals surface area contributed by atoms with Crippen LogP contribution in [0.3, 0.4) is 0 Å². The molecule has 1 saturated carbocycles. The van der Waals surface area contributed by atoms with E-state index in [1.807, 2.05) is 13.0 Å². The van der Waals surface area contributed by atoms with Crippen LogP contribution in [0.15, 0.2) is 48.6 Å². The second kappa shape index (κ2) is 14.4. The summed E-state index contributed by atoms with van der Waals surface area (Å²) in [4.78, 5) is 30.6. The first-order valence-electron chi connectivity index (χ1n) is 12.4. The summed E-state index contributed by atoms with van der Waals surface area (Å²) in [6.45, 7) is 1.87. The van der Waals surface area contributed by atoms with Crippen LogP contribution >= 0.6 is 7.82 Å². The van der Waals surface area contributed by atoms with E-state index in [1.165, 1.54) is 24.3 Å². The fourth-order valence-corrected chi connectivity index (χ4v) is 5.16. The van der Waals surface area contributed by atoms with Crippen LogP contribution in [-0.2, 0) is 18.6 Å². The molecule has 1 fully saturated rings. The van der Waals surface area contributed by atoms with Gasteiger partial charge in [-0.25, -0.2) is 9.36 Å². The maximum Gasteiger partial charge on any atom is 0.469 e. The third-order valence-corrected chi connectivity index (χ3v) is 7.07. The molecule has 0 aromatic heterocycles. The number of carbonyl (C=O) groups excluding carboxylic acids is 1. The van der Waals surface area contributed by atoms with Crippen molar-refractivity contribution in [3.8, 4) is 0 Å². The second-order valence-corrected chi connectivity index (χ2v) is 10.7. The van der Waals surface area contributed by atoms with Crippen molar-refractivity contribution in [3.63, 3.8) is 0 Å². The first kappa shape index (κ1) is 30.6. The molecule has 0 amide bonds. The predicted molar refractivity (Wildman–Crippen MR) is 134 cm³/mol. The molecule has 11 heteroatoms. The number of carbonyl (C=O) groups is 1. The Morgan fingerprint density at radius 1 is 1.31 bits per heavy atom. The van der Waals surface area contributed by atoms with Crippen LogP contribution in [0.1, 0.15) is 51.9 Å². The third-order valence-electron chi connectivity index (χ3n) is 6.54. The minimum atomic E-state index is -5.04. The molecule has 7 atom stereocenters. The average Bonchev–Trinajstić information content (AvgIpc) is 2.79. The van der Waals surface area contributed by atoms with E-state index in [0.717, 1.165) is 19.3 Å². The highest BCUT2D eigenvalue weighted by atomic mass is 31.2. The zero-order valence-electron chi connectivity index (χ0n) is 20.6. The largest absolute Gasteiger partial charge is 0.469 e. The topological polar surface area (TPSA) is 180 Å². The highest BCUT2D eigenvalue weighted by Gasteiger charge is 2.40. The van der Waals surface area contributed by atoms with Crippen LogP contribution in [0, 0.1) is 11.8 Å². The fourth-order valence-electron chi connectivity index (χ4n) is 4.56. The van der Waals surface area contributed by atoms with Crippen molar-refractivity contribution >= 4 is 13.8 Å². The molecule has 1 aliphatic heterocycles. The van der Waals surface area contributed by atoms with Crippen molar-refractivity contribution in [1.82, 2.24) is 0 Å². The monoisotopic (exact) mass is 529 g/mol. The smallest absolute Gasteiger partial charge is 0.454 e. The van der Waals surface area contributed by atoms with E-state index in [-0.39, 0.29) is 37.3 Å². The summed E-state index contributed by atoms with van der Waals surface area (Å²) in [5, 5.41) is 31.6. The van der Waals surface area contributed by atoms with E-state index < -0.39 is 37.7 Å². The van der Waals surface area contributed by atoms with Gasteiger partial charge in [0.1, 0.15) is 17.8 Å². The van der Waals surface area contributed by atoms with Gasteiger partial charge in [-0.2, -0.15) is 0 Å². The third kappa shape index (κ3) is 10.4. The van der Waals surface area contributed by atoms with Crippen LogP contribution in [0.5, 0.6) is 0 Å². The lowest BCUT2D eigenvalue weighted by Crippen LogP contribution is -2.45. The molecular formula is C25H40NO9P. The number of ether oxygens (including phenoxy) is 1. The van der Waals surface area contributed by atoms with Crippen molar-refractivity contribution in [1.29, 1.82) is 0 Å². The number of aliphatic hydroxyl groups is 3. The Balaban J connectivity index is 2.16. The van der Waals surface area contributed by atoms with Crippen LogP contribution in [0.2, 0.25) is 0 Å². The van der Waals surface area contributed by atoms with Crippen molar-refractivity contribution < 1.29 is 43.7 Å². The highest BCUT2D eigenvalue weighted by Crippen LogP contribution is 2.42. The maximum atomic E-state index is 11.7. The number of esters is 1. The minimum Gasteiger partial charge on any atom is -0.454 e. The molecular weight excluding hydrogens is 489 g/mol. The van der Waals surface area contributed by atoms with Gasteiger partial charge in [0.05, 0.1) is 12.2 Å². The predicted octanol–water partition coefficient (Wildman–Crippen LogP) is 2.02. The van der Waals surface area contributed by atoms with Gasteiger partial charge in [0.25, 0.3) is 0 Å². The Kier molecular flexibility index (Phi) is 12.2. The molecule has 10 nitrogen and oxygen atoms in total. The number of phosphoric acid groups is 1. The summed E-state index contributed by atoms with van der Waals surface area (Å²) in [5.74, 6) is -0.416. The summed E-state index contributed by atoms with van der Waals surface area (Å²) < 4.78 is 21.9. The van der Waals surface area contributed by atoms with Gasteiger partial charge in [-0.05, 0) is 50.6 Å². The Labute approximate surface area is 212 Å². The number of cyclic esters (lactones) is 1. The summed E-state index contributed by atoms with van der Waals surface area (Å²) in [6, 6.07) is 0. The van der Waals surface area contributed by atoms with Gasteiger partial charge in [-0.1, -0.05) is 49.8 Å². The van der Waals surface area contributed by atoms with Gasteiger partial charge in [0.2, 0.25) is 0 Å². The molecule has 0 aromatic rings. The SMILES string of the molecule is CCC1C=CC(=O)OC1/C=C/C(O)(CCN)C(CC(O)/C=C\C=C/C1CCCC(O)C1)OP(=O)(O)O. The normalized spacial score (nSPS) is 29.0. The van der Waals surface area contributed by atoms with E-state index >= 15 is 0 Å². The molecule has 2 aliphatic rings. The van der Waals surface area contributed by atoms with Gasteiger partial charge in [0, 0.05) is 18.4 Å². The quantitative estimate of drug-likeness (QED) is 0.0894. The first-order valence-corrected chi connectivity index (χ1v) is 13.9. The molecule has 1 heterocycles. The second-order valence-electron chi connectivity index (χ2n) is 9.46. The van der Waals surface area contributed by atoms with Crippen molar-refractivity contribution in [2.75, 3.05) is 6.54 Å². The van der Waals surface area contributed by atoms with Gasteiger partial charge in [-0.15, -0.1) is 0 Å². The van der Waals surface area contributed by atoms with Crippen LogP contribution in [-0.4, -0.2) is 67.6 Å². The summed E-state index contributed by atoms with van der Waals surface area (Å²) >= 11 is 0. The molecule has 0 aromatic carbocycles. The lowest BCUT2D eigenvalue weighted by atomic mass is 9.86. The highest BCUT2D eigenvalue weighted by molar-refractivity contribution is 7.46. The van der Waals surface area contributed by atoms with Crippen molar-refractivity contribution in [3.05, 3.63) is 48.6 Å². The zero-order valence-corrected chi connectivity index (χ0v) is 21.5. The number of aliphatic hydroxyl groups excluding tert-OH is 2. The molecule has 204 valence electrons. The van der Waals surface area contributed by atoms with E-state index in [0.29, 0.717) is 12.8 Å². The molecule has 0 spiro atoms. The Bertz CT molecular complexity index is 868. The van der Waals surface area contributed by atoms with E-state index in [4.69, 9.17) is 15.0 Å². The average molecular weight is 530 g/mol. The molecule has 0 saturated heterocycles. The maximum absolute atomic E-state index is 11.7. The number of rotatable bonds is 13. The molecule has 0 radical (unpaired) electrons. The summed E-state index contributed by atoms with van der Waals surface area (Å²) in [6.07, 6.45) is 12.5. The van der Waals surface area contributed by atoms with E-state index in [1.54, 1.807) is 18.2 Å². The van der Waals surface area contributed by atoms with Gasteiger partial charge >= 0.3 is 13.8 Å². The van der Waals surface area contributed by atoms with Gasteiger partial charge in [0.15, 0.2) is 0 Å². The molecule has 7 N–H and O–H groups in total. The fraction of sp³-hybridized carbons (Fsp3) is 0.640. The lowest BCUT2D eigenvalue weighted by Gasteiger charge is -2.35. The number of hydrogen-bond acceptors (Lipinski definition) is 8. The van der Waals surface area contributed by atoms with Crippen molar-refractivity contribution in [2.45, 2.75) is 81.9 Å². The minimum absolute atomic E-state index is 0.0364. The van der Waals surface area contributed by atoms with Crippen LogP contribution < -0.4 is 5.73 Å². The Morgan fingerprint density at radius 2 is 2.06 bits per heavy atom. The molecule has 0 bridgehead atoms. The first-order chi connectivity index (χ1) is 17.0. The lowest BCUT2D eigenvalue weighted by molar-refractivity contribution is -0.143. The molecule has 36 heavy (non-hydrogen) atoms. The van der Waals surface area contributed by atoms with Gasteiger partial charge < -0.3 is 35.6 Å². The van der Waals surface area contributed by atoms with E-state index in [9.17, 15) is 34.5 Å². The van der Waals surface area contributed by atoms with Gasteiger partial charge in [-0.3, -0.25) is 4.52 Å². The van der Waals surface area contributed by atoms with E-state index in [2.05, 4.69) is 0 Å². The summed E-state index contributed by atoms with van der Waals surface area (Å²) in [5.41, 5.74) is 3.71. The molecule has 7 unspecified atom stereocenters. The number of phosphoric ester groups is 1. The number of hydrogen-bond donors (Lipinski definition) is 6. The van der Waals surface area contributed by atoms with Crippen LogP contribution in [0.25, 0.3) is 0 Å². The molecule has 2 rings (SSSR count). The van der Waals surface area contributed by atoms with Crippen LogP contribution in [0.4, 0.5) is 0 Å². The zero-order chi connectivity index (χ0) is 26.8. The standard InChI is InChI=1S/C25H40NO9P/c1-2-19-10-11-24(29)34-22(19)12-13-25(30,14-15-26)23(35-36(31,32)33)17-21(28)8-4-3-6-18-7-5-9-20(27)16-18/h3-4,6,8,10-13,18-23,27-28,30H,2,5,7,9,14-17,26H2,1H3,(H2,31,32,33)/b6-3-,8-4-,13-12+. The van der Waals surface area contributed by atoms with Crippen molar-refractivity contribution in [2.24, 2.45) is 17.6 Å². The summed E-state index contributed by atoms with van der Waals surface area (Å²) in [7, 11) is -5.04. The number of allylic oxidation sites excluding steroid dienone is 3. The Hall–Kier alpha value is -1.62. The molecule has 1 aliphatic carbocycles.